The molecule has 4 atom stereocenters. The van der Waals surface area contributed by atoms with Crippen LogP contribution in [0.15, 0.2) is 35.7 Å². The quantitative estimate of drug-likeness (QED) is 0.302. The molecule has 1 aromatic heterocycles. The SMILES string of the molecule is C=C(Sc1ccccc1N)c1c(C)nc(NS(C)(=O)=O)nc1N[C@@H]1C[C@H](CO)[C@H]2OC(C)(C)O[C@H]21. The Morgan fingerprint density at radius 2 is 1.97 bits per heavy atom. The van der Waals surface area contributed by atoms with Crippen molar-refractivity contribution in [2.24, 2.45) is 5.92 Å². The first-order valence-electron chi connectivity index (χ1n) is 11.2. The summed E-state index contributed by atoms with van der Waals surface area (Å²) in [6.45, 7) is 9.65. The fourth-order valence-electron chi connectivity index (χ4n) is 4.56. The first kappa shape index (κ1) is 25.7. The van der Waals surface area contributed by atoms with Crippen LogP contribution in [-0.4, -0.2) is 60.4 Å². The highest BCUT2D eigenvalue weighted by atomic mass is 32.2. The minimum Gasteiger partial charge on any atom is -0.398 e. The van der Waals surface area contributed by atoms with Gasteiger partial charge in [-0.1, -0.05) is 30.5 Å². The zero-order valence-electron chi connectivity index (χ0n) is 20.1. The Bertz CT molecular complexity index is 1240. The third-order valence-electron chi connectivity index (χ3n) is 5.94. The van der Waals surface area contributed by atoms with Gasteiger partial charge in [-0.25, -0.2) is 13.4 Å². The van der Waals surface area contributed by atoms with Crippen LogP contribution in [0.5, 0.6) is 0 Å². The van der Waals surface area contributed by atoms with E-state index in [1.807, 2.05) is 38.1 Å². The smallest absolute Gasteiger partial charge is 0.238 e. The first-order chi connectivity index (χ1) is 16.4. The van der Waals surface area contributed by atoms with E-state index in [2.05, 4.69) is 26.6 Å². The second kappa shape index (κ2) is 9.58. The number of benzene rings is 1. The molecule has 4 rings (SSSR count). The summed E-state index contributed by atoms with van der Waals surface area (Å²) in [5.41, 5.74) is 7.92. The number of para-hydroxylation sites is 1. The summed E-state index contributed by atoms with van der Waals surface area (Å²) in [4.78, 5) is 10.3. The van der Waals surface area contributed by atoms with E-state index in [4.69, 9.17) is 15.2 Å². The highest BCUT2D eigenvalue weighted by Crippen LogP contribution is 2.44. The number of hydrogen-bond acceptors (Lipinski definition) is 10. The van der Waals surface area contributed by atoms with Crippen molar-refractivity contribution in [1.29, 1.82) is 0 Å². The zero-order chi connectivity index (χ0) is 25.5. The molecule has 2 heterocycles. The molecule has 0 spiro atoms. The minimum atomic E-state index is -3.59. The van der Waals surface area contributed by atoms with Crippen molar-refractivity contribution < 1.29 is 23.0 Å². The molecule has 0 unspecified atom stereocenters. The number of aliphatic hydroxyl groups is 1. The van der Waals surface area contributed by atoms with Crippen LogP contribution in [0.1, 0.15) is 31.5 Å². The molecule has 2 aliphatic rings. The van der Waals surface area contributed by atoms with E-state index in [1.165, 1.54) is 11.8 Å². The molecule has 1 saturated heterocycles. The minimum absolute atomic E-state index is 0.0365. The number of nitrogen functional groups attached to an aromatic ring is 1. The predicted octanol–water partition coefficient (Wildman–Crippen LogP) is 2.81. The highest BCUT2D eigenvalue weighted by Gasteiger charge is 2.54. The first-order valence-corrected chi connectivity index (χ1v) is 13.9. The van der Waals surface area contributed by atoms with Crippen LogP contribution >= 0.6 is 11.8 Å². The van der Waals surface area contributed by atoms with E-state index in [0.29, 0.717) is 34.1 Å². The molecule has 12 heteroatoms. The summed E-state index contributed by atoms with van der Waals surface area (Å²) in [6, 6.07) is 7.21. The van der Waals surface area contributed by atoms with Gasteiger partial charge in [-0.15, -0.1) is 0 Å². The lowest BCUT2D eigenvalue weighted by Gasteiger charge is -2.25. The Morgan fingerprint density at radius 3 is 2.63 bits per heavy atom. The number of aromatic nitrogens is 2. The van der Waals surface area contributed by atoms with E-state index >= 15 is 0 Å². The lowest BCUT2D eigenvalue weighted by Crippen LogP contribution is -2.35. The summed E-state index contributed by atoms with van der Waals surface area (Å²) in [5, 5.41) is 13.3. The van der Waals surface area contributed by atoms with Crippen molar-refractivity contribution in [2.45, 2.75) is 56.1 Å². The van der Waals surface area contributed by atoms with E-state index in [0.717, 1.165) is 11.2 Å². The van der Waals surface area contributed by atoms with E-state index in [-0.39, 0.29) is 36.7 Å². The van der Waals surface area contributed by atoms with Gasteiger partial charge in [-0.05, 0) is 39.3 Å². The number of nitrogens with zero attached hydrogens (tertiary/aromatic N) is 2. The molecule has 1 aromatic carbocycles. The molecule has 1 aliphatic heterocycles. The van der Waals surface area contributed by atoms with Crippen LogP contribution in [0.4, 0.5) is 17.5 Å². The molecular weight excluding hydrogens is 490 g/mol. The standard InChI is InChI=1S/C23H31N5O5S2/c1-12-18(13(2)34-17-9-7-6-8-15(17)24)21(27-22(25-12)28-35(5,30)31)26-16-10-14(11-29)19-20(16)33-23(3,4)32-19/h6-9,14,16,19-20,29H,2,10-11,24H2,1,3-5H3,(H2,25,26,27,28)/t14-,16-,19-,20+/m1/s1. The molecular formula is C23H31N5O5S2. The van der Waals surface area contributed by atoms with Gasteiger partial charge in [0.15, 0.2) is 5.79 Å². The Balaban J connectivity index is 1.71. The van der Waals surface area contributed by atoms with Gasteiger partial charge < -0.3 is 25.6 Å². The zero-order valence-corrected chi connectivity index (χ0v) is 21.7. The van der Waals surface area contributed by atoms with Gasteiger partial charge in [0.25, 0.3) is 0 Å². The molecule has 35 heavy (non-hydrogen) atoms. The summed E-state index contributed by atoms with van der Waals surface area (Å²) in [6.07, 6.45) is 1.04. The van der Waals surface area contributed by atoms with E-state index in [1.54, 1.807) is 6.92 Å². The highest BCUT2D eigenvalue weighted by molar-refractivity contribution is 8.08. The lowest BCUT2D eigenvalue weighted by atomic mass is 10.1. The van der Waals surface area contributed by atoms with E-state index in [9.17, 15) is 13.5 Å². The average molecular weight is 522 g/mol. The molecule has 10 nitrogen and oxygen atoms in total. The van der Waals surface area contributed by atoms with Crippen LogP contribution in [0, 0.1) is 12.8 Å². The second-order valence-corrected chi connectivity index (χ2v) is 12.2. The van der Waals surface area contributed by atoms with Crippen molar-refractivity contribution in [2.75, 3.05) is 28.6 Å². The van der Waals surface area contributed by atoms with Crippen molar-refractivity contribution in [3.8, 4) is 0 Å². The van der Waals surface area contributed by atoms with Crippen molar-refractivity contribution in [3.63, 3.8) is 0 Å². The summed E-state index contributed by atoms with van der Waals surface area (Å²) >= 11 is 1.38. The molecule has 0 radical (unpaired) electrons. The van der Waals surface area contributed by atoms with Crippen LogP contribution < -0.4 is 15.8 Å². The van der Waals surface area contributed by atoms with Crippen LogP contribution in [0.25, 0.3) is 4.91 Å². The number of rotatable bonds is 8. The monoisotopic (exact) mass is 521 g/mol. The van der Waals surface area contributed by atoms with Crippen molar-refractivity contribution >= 4 is 44.1 Å². The summed E-state index contributed by atoms with van der Waals surface area (Å²) < 4.78 is 38.3. The molecule has 2 aromatic rings. The summed E-state index contributed by atoms with van der Waals surface area (Å²) in [5.74, 6) is -0.529. The number of nitrogens with two attached hydrogens (primary N) is 1. The van der Waals surface area contributed by atoms with Crippen molar-refractivity contribution in [3.05, 3.63) is 42.1 Å². The molecule has 0 bridgehead atoms. The Kier molecular flexibility index (Phi) is 7.04. The lowest BCUT2D eigenvalue weighted by molar-refractivity contribution is -0.158. The molecule has 2 fully saturated rings. The van der Waals surface area contributed by atoms with Crippen LogP contribution in [0.2, 0.25) is 0 Å². The maximum atomic E-state index is 11.9. The van der Waals surface area contributed by atoms with Gasteiger partial charge in [0.05, 0.1) is 29.7 Å². The Morgan fingerprint density at radius 1 is 1.29 bits per heavy atom. The number of aryl methyl sites for hydroxylation is 1. The normalized spacial score (nSPS) is 25.3. The third kappa shape index (κ3) is 5.72. The molecule has 190 valence electrons. The topological polar surface area (TPSA) is 149 Å². The number of sulfonamides is 1. The van der Waals surface area contributed by atoms with Gasteiger partial charge in [0.2, 0.25) is 16.0 Å². The number of aliphatic hydroxyl groups excluding tert-OH is 1. The number of hydrogen-bond donors (Lipinski definition) is 4. The van der Waals surface area contributed by atoms with Gasteiger partial charge in [0.1, 0.15) is 11.9 Å². The van der Waals surface area contributed by atoms with Crippen LogP contribution in [0.3, 0.4) is 0 Å². The molecule has 0 amide bonds. The fraction of sp³-hybridized carbons (Fsp3) is 0.478. The average Bonchev–Trinajstić information content (AvgIpc) is 3.21. The third-order valence-corrected chi connectivity index (χ3v) is 7.53. The second-order valence-electron chi connectivity index (χ2n) is 9.29. The van der Waals surface area contributed by atoms with Crippen molar-refractivity contribution in [1.82, 2.24) is 9.97 Å². The summed E-state index contributed by atoms with van der Waals surface area (Å²) in [7, 11) is -3.59. The largest absolute Gasteiger partial charge is 0.398 e. The number of fused-ring (bicyclic) bond motifs is 1. The molecule has 1 aliphatic carbocycles. The number of thioether (sulfide) groups is 1. The van der Waals surface area contributed by atoms with Gasteiger partial charge in [0, 0.05) is 28.0 Å². The number of ether oxygens (including phenoxy) is 2. The maximum Gasteiger partial charge on any atom is 0.238 e. The molecule has 5 N–H and O–H groups in total. The van der Waals surface area contributed by atoms with Gasteiger partial charge in [-0.3, -0.25) is 4.72 Å². The Labute approximate surface area is 209 Å². The number of anilines is 3. The van der Waals surface area contributed by atoms with Gasteiger partial charge >= 0.3 is 0 Å². The molecule has 1 saturated carbocycles. The maximum absolute atomic E-state index is 11.9. The van der Waals surface area contributed by atoms with E-state index < -0.39 is 15.8 Å². The van der Waals surface area contributed by atoms with Crippen LogP contribution in [-0.2, 0) is 19.5 Å². The van der Waals surface area contributed by atoms with Gasteiger partial charge in [-0.2, -0.15) is 4.98 Å². The Hall–Kier alpha value is -2.38. The fourth-order valence-corrected chi connectivity index (χ4v) is 5.93. The number of nitrogens with one attached hydrogen (secondary N) is 2. The predicted molar refractivity (Wildman–Crippen MR) is 137 cm³/mol.